The maximum absolute atomic E-state index is 13.4. The number of carbonyl (C=O) groups excluding carboxylic acids is 1. The van der Waals surface area contributed by atoms with Gasteiger partial charge in [-0.1, -0.05) is 223 Å². The summed E-state index contributed by atoms with van der Waals surface area (Å²) in [5, 5.41) is 120. The van der Waals surface area contributed by atoms with Gasteiger partial charge < -0.3 is 89.9 Å². The first-order valence-corrected chi connectivity index (χ1v) is 34.4. The topological polar surface area (TPSA) is 307 Å². The summed E-state index contributed by atoms with van der Waals surface area (Å²) in [6, 6.07) is -0.994. The molecule has 0 spiro atoms. The number of aliphatic hydroxyl groups is 11. The van der Waals surface area contributed by atoms with Gasteiger partial charge >= 0.3 is 0 Å². The van der Waals surface area contributed by atoms with Crippen molar-refractivity contribution in [3.63, 3.8) is 0 Å². The number of amides is 1. The Labute approximate surface area is 523 Å². The number of hydrogen-bond acceptors (Lipinski definition) is 18. The third-order valence-electron chi connectivity index (χ3n) is 17.1. The average molecular weight is 1240 g/mol. The van der Waals surface area contributed by atoms with Crippen molar-refractivity contribution >= 4 is 5.91 Å². The summed E-state index contributed by atoms with van der Waals surface area (Å²) in [6.07, 6.45) is 32.3. The maximum atomic E-state index is 13.4. The minimum absolute atomic E-state index is 0.230. The average Bonchev–Trinajstić information content (AvgIpc) is 2.87. The monoisotopic (exact) mass is 1240 g/mol. The number of aliphatic hydroxyl groups excluding tert-OH is 11. The van der Waals surface area contributed by atoms with E-state index < -0.39 is 124 Å². The fourth-order valence-electron chi connectivity index (χ4n) is 11.5. The Kier molecular flexibility index (Phi) is 45.7. The summed E-state index contributed by atoms with van der Waals surface area (Å²) in [5.74, 6) is -0.289. The number of ether oxygens (including phenoxy) is 6. The summed E-state index contributed by atoms with van der Waals surface area (Å²) in [4.78, 5) is 13.4. The van der Waals surface area contributed by atoms with Gasteiger partial charge in [0, 0.05) is 6.42 Å². The number of rotatable bonds is 52. The van der Waals surface area contributed by atoms with Gasteiger partial charge in [-0.15, -0.1) is 0 Å². The second-order valence-corrected chi connectivity index (χ2v) is 24.6. The van der Waals surface area contributed by atoms with Crippen LogP contribution in [0.4, 0.5) is 0 Å². The summed E-state index contributed by atoms with van der Waals surface area (Å²) < 4.78 is 34.3. The van der Waals surface area contributed by atoms with Crippen LogP contribution in [0.25, 0.3) is 0 Å². The highest BCUT2D eigenvalue weighted by Crippen LogP contribution is 2.33. The first kappa shape index (κ1) is 79.0. The van der Waals surface area contributed by atoms with E-state index in [9.17, 15) is 61.0 Å². The van der Waals surface area contributed by atoms with Gasteiger partial charge in [0.25, 0.3) is 0 Å². The predicted octanol–water partition coefficient (Wildman–Crippen LogP) is 8.61. The second kappa shape index (κ2) is 50.3. The van der Waals surface area contributed by atoms with E-state index in [4.69, 9.17) is 28.4 Å². The molecule has 0 radical (unpaired) electrons. The molecule has 3 fully saturated rings. The largest absolute Gasteiger partial charge is 0.394 e. The Bertz CT molecular complexity index is 1770. The van der Waals surface area contributed by atoms with Gasteiger partial charge in [-0.3, -0.25) is 4.79 Å². The van der Waals surface area contributed by atoms with Crippen molar-refractivity contribution in [3.8, 4) is 0 Å². The molecule has 3 heterocycles. The summed E-state index contributed by atoms with van der Waals surface area (Å²) in [5.41, 5.74) is 0. The lowest BCUT2D eigenvalue weighted by Gasteiger charge is -2.48. The van der Waals surface area contributed by atoms with Crippen LogP contribution in [0.1, 0.15) is 245 Å². The molecular formula is C68H123NO18. The van der Waals surface area contributed by atoms with Crippen molar-refractivity contribution in [2.45, 2.75) is 349 Å². The molecule has 17 unspecified atom stereocenters. The quantitative estimate of drug-likeness (QED) is 0.0200. The zero-order chi connectivity index (χ0) is 63.3. The Hall–Kier alpha value is -2.25. The molecule has 19 nitrogen and oxygen atoms in total. The molecule has 3 saturated heterocycles. The van der Waals surface area contributed by atoms with Crippen LogP contribution in [0, 0.1) is 0 Å². The normalized spacial score (nSPS) is 28.9. The Morgan fingerprint density at radius 1 is 0.414 bits per heavy atom. The van der Waals surface area contributed by atoms with Gasteiger partial charge in [0.2, 0.25) is 5.91 Å². The maximum Gasteiger partial charge on any atom is 0.220 e. The zero-order valence-electron chi connectivity index (χ0n) is 53.5. The number of allylic oxidation sites excluding steroid dienone is 7. The van der Waals surface area contributed by atoms with Crippen LogP contribution in [0.15, 0.2) is 48.6 Å². The lowest BCUT2D eigenvalue weighted by atomic mass is 9.96. The fraction of sp³-hybridized carbons (Fsp3) is 0.868. The summed E-state index contributed by atoms with van der Waals surface area (Å²) >= 11 is 0. The minimum Gasteiger partial charge on any atom is -0.394 e. The Morgan fingerprint density at radius 2 is 0.770 bits per heavy atom. The van der Waals surface area contributed by atoms with E-state index in [0.717, 1.165) is 57.8 Å². The third kappa shape index (κ3) is 32.7. The lowest BCUT2D eigenvalue weighted by Crippen LogP contribution is -2.66. The molecule has 0 saturated carbocycles. The minimum atomic E-state index is -1.98. The Balaban J connectivity index is 1.47. The molecule has 0 aromatic heterocycles. The molecule has 87 heavy (non-hydrogen) atoms. The molecular weight excluding hydrogens is 1120 g/mol. The van der Waals surface area contributed by atoms with Gasteiger partial charge in [-0.05, 0) is 64.2 Å². The molecule has 17 atom stereocenters. The lowest BCUT2D eigenvalue weighted by molar-refractivity contribution is -0.379. The molecule has 0 aliphatic carbocycles. The van der Waals surface area contributed by atoms with E-state index in [-0.39, 0.29) is 18.9 Å². The van der Waals surface area contributed by atoms with E-state index in [0.29, 0.717) is 12.8 Å². The van der Waals surface area contributed by atoms with Crippen LogP contribution < -0.4 is 5.32 Å². The standard InChI is InChI=1S/C68H123NO18/c1-3-5-7-9-11-13-15-17-19-21-23-24-25-26-28-29-31-33-35-37-39-41-43-45-52(73)51(69-56(74)46-44-42-40-38-36-34-32-30-27-22-20-18-16-14-12-10-8-6-4-2)50-82-66-62(80)59(77)64(54(48-71)84-66)87-68-63(81)60(78)65(55(49-72)85-68)86-67-61(79)58(76)57(75)53(47-70)83-67/h12,14,18,20,35,37,43,45,51-55,57-68,70-73,75-81H,3-11,13,15-17,19,21-34,36,38-42,44,46-50H2,1-2H3,(H,69,74)/b14-12-,20-18-,37-35+,45-43+. The van der Waals surface area contributed by atoms with Crippen molar-refractivity contribution in [1.82, 2.24) is 5.32 Å². The third-order valence-corrected chi connectivity index (χ3v) is 17.1. The molecule has 3 rings (SSSR count). The second-order valence-electron chi connectivity index (χ2n) is 24.6. The molecule has 12 N–H and O–H groups in total. The predicted molar refractivity (Wildman–Crippen MR) is 337 cm³/mol. The van der Waals surface area contributed by atoms with Crippen molar-refractivity contribution in [1.29, 1.82) is 0 Å². The first-order chi connectivity index (χ1) is 42.3. The van der Waals surface area contributed by atoms with Crippen LogP contribution in [0.5, 0.6) is 0 Å². The molecule has 0 aromatic carbocycles. The molecule has 3 aliphatic rings. The SMILES string of the molecule is CCCCC/C=C\C/C=C\CCCCCCCCCCCC(=O)NC(COC1OC(CO)C(OC2OC(CO)C(OC3OC(CO)C(O)C(O)C3O)C(O)C2O)C(O)C1O)C(O)/C=C/CC/C=C/CCCCCCCCCCCCCCCCCCC. The molecule has 0 bridgehead atoms. The van der Waals surface area contributed by atoms with E-state index >= 15 is 0 Å². The number of carbonyl (C=O) groups is 1. The van der Waals surface area contributed by atoms with Crippen LogP contribution in [0.3, 0.4) is 0 Å². The van der Waals surface area contributed by atoms with Crippen LogP contribution in [0.2, 0.25) is 0 Å². The number of nitrogens with one attached hydrogen (secondary N) is 1. The van der Waals surface area contributed by atoms with Crippen LogP contribution in [-0.2, 0) is 33.2 Å². The summed E-state index contributed by atoms with van der Waals surface area (Å²) in [6.45, 7) is 1.70. The van der Waals surface area contributed by atoms with Gasteiger partial charge in [-0.25, -0.2) is 0 Å². The van der Waals surface area contributed by atoms with Gasteiger partial charge in [0.1, 0.15) is 73.2 Å². The highest BCUT2D eigenvalue weighted by molar-refractivity contribution is 5.76. The van der Waals surface area contributed by atoms with Crippen molar-refractivity contribution in [3.05, 3.63) is 48.6 Å². The Morgan fingerprint density at radius 3 is 1.24 bits per heavy atom. The molecule has 1 amide bonds. The van der Waals surface area contributed by atoms with Gasteiger partial charge in [0.15, 0.2) is 18.9 Å². The molecule has 3 aliphatic heterocycles. The highest BCUT2D eigenvalue weighted by atomic mass is 16.8. The van der Waals surface area contributed by atoms with E-state index in [1.165, 1.54) is 154 Å². The fourth-order valence-corrected chi connectivity index (χ4v) is 11.5. The zero-order valence-corrected chi connectivity index (χ0v) is 53.5. The highest BCUT2D eigenvalue weighted by Gasteiger charge is 2.53. The van der Waals surface area contributed by atoms with Gasteiger partial charge in [-0.2, -0.15) is 0 Å². The van der Waals surface area contributed by atoms with Crippen molar-refractivity contribution in [2.24, 2.45) is 0 Å². The number of unbranched alkanes of at least 4 members (excludes halogenated alkanes) is 30. The smallest absolute Gasteiger partial charge is 0.220 e. The van der Waals surface area contributed by atoms with E-state index in [2.05, 4.69) is 55.6 Å². The van der Waals surface area contributed by atoms with Crippen molar-refractivity contribution < 1.29 is 89.4 Å². The first-order valence-electron chi connectivity index (χ1n) is 34.4. The van der Waals surface area contributed by atoms with E-state index in [1.807, 2.05) is 6.08 Å². The molecule has 508 valence electrons. The van der Waals surface area contributed by atoms with Crippen molar-refractivity contribution in [2.75, 3.05) is 26.4 Å². The van der Waals surface area contributed by atoms with E-state index in [1.54, 1.807) is 6.08 Å². The summed E-state index contributed by atoms with van der Waals surface area (Å²) in [7, 11) is 0. The van der Waals surface area contributed by atoms with Crippen LogP contribution >= 0.6 is 0 Å². The molecule has 19 heteroatoms. The van der Waals surface area contributed by atoms with Gasteiger partial charge in [0.05, 0.1) is 38.6 Å². The van der Waals surface area contributed by atoms with Crippen LogP contribution in [-0.4, -0.2) is 193 Å². The molecule has 0 aromatic rings. The number of hydrogen-bond donors (Lipinski definition) is 12.